The van der Waals surface area contributed by atoms with Crippen molar-refractivity contribution in [2.24, 2.45) is 34.5 Å². The number of fused-ring (bicyclic) bond motifs is 5. The second-order valence-corrected chi connectivity index (χ2v) is 15.2. The minimum Gasteiger partial charge on any atom is -0.390 e. The van der Waals surface area contributed by atoms with E-state index in [0.29, 0.717) is 43.6 Å². The van der Waals surface area contributed by atoms with Crippen LogP contribution in [0.3, 0.4) is 0 Å². The van der Waals surface area contributed by atoms with Crippen LogP contribution in [0.15, 0.2) is 11.6 Å². The zero-order chi connectivity index (χ0) is 31.0. The van der Waals surface area contributed by atoms with Crippen molar-refractivity contribution >= 4 is 5.78 Å². The highest BCUT2D eigenvalue weighted by molar-refractivity contribution is 5.95. The number of rotatable bonds is 7. The molecule has 4 fully saturated rings. The van der Waals surface area contributed by atoms with Crippen LogP contribution < -0.4 is 0 Å². The molecule has 42 heavy (non-hydrogen) atoms. The molecule has 7 N–H and O–H groups in total. The first kappa shape index (κ1) is 32.4. The second-order valence-electron chi connectivity index (χ2n) is 15.2. The molecular weight excluding hydrogens is 544 g/mol. The van der Waals surface area contributed by atoms with E-state index in [4.69, 9.17) is 9.47 Å². The average Bonchev–Trinajstić information content (AvgIpc) is 3.20. The summed E-state index contributed by atoms with van der Waals surface area (Å²) in [6.45, 7) is 9.62. The third kappa shape index (κ3) is 4.93. The molecule has 5 rings (SSSR count). The predicted octanol–water partition coefficient (Wildman–Crippen LogP) is 1.20. The smallest absolute Gasteiger partial charge is 0.186 e. The molecule has 0 aromatic rings. The van der Waals surface area contributed by atoms with Crippen molar-refractivity contribution in [2.75, 3.05) is 6.61 Å². The van der Waals surface area contributed by atoms with E-state index in [1.54, 1.807) is 13.0 Å². The first-order chi connectivity index (χ1) is 19.5. The van der Waals surface area contributed by atoms with Gasteiger partial charge >= 0.3 is 0 Å². The number of hydrogen-bond acceptors (Lipinski definition) is 10. The van der Waals surface area contributed by atoms with E-state index < -0.39 is 70.9 Å². The average molecular weight is 597 g/mol. The van der Waals surface area contributed by atoms with E-state index in [9.17, 15) is 40.5 Å². The maximum atomic E-state index is 13.8. The van der Waals surface area contributed by atoms with Crippen molar-refractivity contribution in [3.63, 3.8) is 0 Å². The van der Waals surface area contributed by atoms with Crippen LogP contribution in [0.25, 0.3) is 0 Å². The van der Waals surface area contributed by atoms with E-state index in [2.05, 4.69) is 13.8 Å². The molecule has 0 amide bonds. The highest BCUT2D eigenvalue weighted by Gasteiger charge is 2.69. The molecule has 10 nitrogen and oxygen atoms in total. The van der Waals surface area contributed by atoms with Crippen LogP contribution in [-0.2, 0) is 14.3 Å². The van der Waals surface area contributed by atoms with Gasteiger partial charge in [-0.25, -0.2) is 0 Å². The summed E-state index contributed by atoms with van der Waals surface area (Å²) in [7, 11) is 0. The Hall–Kier alpha value is -0.950. The predicted molar refractivity (Wildman–Crippen MR) is 152 cm³/mol. The maximum absolute atomic E-state index is 13.8. The standard InChI is InChI=1S/C32H52O10/c1-16(2)6-7-25(36)31(5,39)24-9-11-32(40)18-12-20(33)19-13-23(42-28-27(38)26(37)22(35)15-41-28)21(34)14-29(19,3)17(18)8-10-30(24,32)4/h12,16-17,19,21-28,34-40H,6-11,13-15H2,1-5H3/t17-,19-,21-,22+,23+,24-,25+,26-,27+,28-,29+,30+,31+,32+/m0/s1. The molecule has 10 heteroatoms. The molecule has 4 aliphatic carbocycles. The normalized spacial score (nSPS) is 49.5. The van der Waals surface area contributed by atoms with Gasteiger partial charge in [0.25, 0.3) is 0 Å². The lowest BCUT2D eigenvalue weighted by atomic mass is 9.45. The number of carbonyl (C=O) groups is 1. The van der Waals surface area contributed by atoms with Crippen LogP contribution in [0.4, 0.5) is 0 Å². The molecule has 0 unspecified atom stereocenters. The molecule has 240 valence electrons. The minimum absolute atomic E-state index is 0.144. The van der Waals surface area contributed by atoms with Crippen molar-refractivity contribution in [1.82, 2.24) is 0 Å². The maximum Gasteiger partial charge on any atom is 0.186 e. The quantitative estimate of drug-likeness (QED) is 0.226. The molecule has 1 aliphatic heterocycles. The van der Waals surface area contributed by atoms with E-state index in [1.807, 2.05) is 13.8 Å². The second kappa shape index (κ2) is 11.1. The van der Waals surface area contributed by atoms with Gasteiger partial charge in [-0.15, -0.1) is 0 Å². The van der Waals surface area contributed by atoms with Gasteiger partial charge in [0.05, 0.1) is 36.1 Å². The lowest BCUT2D eigenvalue weighted by Gasteiger charge is -2.61. The molecule has 0 spiro atoms. The molecule has 0 radical (unpaired) electrons. The van der Waals surface area contributed by atoms with Gasteiger partial charge in [-0.1, -0.05) is 27.7 Å². The monoisotopic (exact) mass is 596 g/mol. The molecule has 14 atom stereocenters. The van der Waals surface area contributed by atoms with Crippen LogP contribution >= 0.6 is 0 Å². The lowest BCUT2D eigenvalue weighted by molar-refractivity contribution is -0.297. The third-order valence-electron chi connectivity index (χ3n) is 12.3. The summed E-state index contributed by atoms with van der Waals surface area (Å²) in [5.74, 6) is -0.747. The van der Waals surface area contributed by atoms with Gasteiger partial charge in [0.1, 0.15) is 18.3 Å². The number of aliphatic hydroxyl groups excluding tert-OH is 5. The summed E-state index contributed by atoms with van der Waals surface area (Å²) in [4.78, 5) is 13.8. The van der Waals surface area contributed by atoms with Gasteiger partial charge < -0.3 is 45.2 Å². The number of hydrogen-bond donors (Lipinski definition) is 7. The van der Waals surface area contributed by atoms with E-state index in [0.717, 1.165) is 6.42 Å². The molecule has 3 saturated carbocycles. The van der Waals surface area contributed by atoms with Crippen LogP contribution in [0, 0.1) is 34.5 Å². The van der Waals surface area contributed by atoms with Crippen LogP contribution in [-0.4, -0.2) is 102 Å². The number of aliphatic hydroxyl groups is 7. The topological polar surface area (TPSA) is 177 Å². The molecular formula is C32H52O10. The third-order valence-corrected chi connectivity index (χ3v) is 12.3. The Kier molecular flexibility index (Phi) is 8.60. The molecule has 0 bridgehead atoms. The Morgan fingerprint density at radius 3 is 2.40 bits per heavy atom. The largest absolute Gasteiger partial charge is 0.390 e. The lowest BCUT2D eigenvalue weighted by Crippen LogP contribution is -2.63. The zero-order valence-corrected chi connectivity index (χ0v) is 25.6. The molecule has 0 aromatic carbocycles. The van der Waals surface area contributed by atoms with E-state index >= 15 is 0 Å². The summed E-state index contributed by atoms with van der Waals surface area (Å²) in [5.41, 5.74) is -3.41. The Labute approximate surface area is 248 Å². The minimum atomic E-state index is -1.50. The van der Waals surface area contributed by atoms with Crippen molar-refractivity contribution < 1.29 is 50.0 Å². The van der Waals surface area contributed by atoms with Crippen LogP contribution in [0.2, 0.25) is 0 Å². The van der Waals surface area contributed by atoms with E-state index in [-0.39, 0.29) is 37.1 Å². The SMILES string of the molecule is CC(C)CC[C@@H](O)[C@](C)(O)[C@H]1CC[C@@]2(O)C3=CC(=O)[C@@H]4C[C@@H](O[C@@H]5OC[C@@H](O)[C@H](O)[C@H]5O)[C@@H](O)C[C@]4(C)[C@H]3CC[C@]12C. The summed E-state index contributed by atoms with van der Waals surface area (Å²) in [6, 6.07) is 0. The highest BCUT2D eigenvalue weighted by Crippen LogP contribution is 2.68. The van der Waals surface area contributed by atoms with Crippen molar-refractivity contribution in [3.05, 3.63) is 11.6 Å². The fourth-order valence-corrected chi connectivity index (χ4v) is 9.53. The van der Waals surface area contributed by atoms with Gasteiger partial charge in [-0.05, 0) is 93.1 Å². The van der Waals surface area contributed by atoms with Crippen molar-refractivity contribution in [3.8, 4) is 0 Å². The van der Waals surface area contributed by atoms with Gasteiger partial charge in [-0.2, -0.15) is 0 Å². The summed E-state index contributed by atoms with van der Waals surface area (Å²) < 4.78 is 11.3. The molecule has 1 heterocycles. The van der Waals surface area contributed by atoms with Crippen LogP contribution in [0.1, 0.15) is 86.0 Å². The first-order valence-corrected chi connectivity index (χ1v) is 15.9. The first-order valence-electron chi connectivity index (χ1n) is 15.9. The number of ether oxygens (including phenoxy) is 2. The van der Waals surface area contributed by atoms with Gasteiger partial charge in [0.15, 0.2) is 12.1 Å². The summed E-state index contributed by atoms with van der Waals surface area (Å²) in [6.07, 6.45) is -2.66. The Morgan fingerprint density at radius 2 is 1.74 bits per heavy atom. The van der Waals surface area contributed by atoms with Crippen molar-refractivity contribution in [2.45, 2.75) is 140 Å². The van der Waals surface area contributed by atoms with Gasteiger partial charge in [0, 0.05) is 11.3 Å². The Morgan fingerprint density at radius 1 is 1.05 bits per heavy atom. The molecule has 5 aliphatic rings. The highest BCUT2D eigenvalue weighted by atomic mass is 16.7. The Bertz CT molecular complexity index is 1060. The molecule has 1 saturated heterocycles. The fourth-order valence-electron chi connectivity index (χ4n) is 9.53. The zero-order valence-electron chi connectivity index (χ0n) is 25.6. The number of carbonyl (C=O) groups excluding carboxylic acids is 1. The number of allylic oxidation sites excluding steroid dienone is 1. The van der Waals surface area contributed by atoms with E-state index in [1.165, 1.54) is 0 Å². The van der Waals surface area contributed by atoms with Crippen molar-refractivity contribution in [1.29, 1.82) is 0 Å². The molecule has 0 aromatic heterocycles. The van der Waals surface area contributed by atoms with Gasteiger partial charge in [-0.3, -0.25) is 4.79 Å². The van der Waals surface area contributed by atoms with Crippen LogP contribution in [0.5, 0.6) is 0 Å². The van der Waals surface area contributed by atoms with Gasteiger partial charge in [0.2, 0.25) is 0 Å². The number of ketones is 1. The Balaban J connectivity index is 1.38. The summed E-state index contributed by atoms with van der Waals surface area (Å²) >= 11 is 0. The fraction of sp³-hybridized carbons (Fsp3) is 0.906. The summed E-state index contributed by atoms with van der Waals surface area (Å²) in [5, 5.41) is 76.6.